The zero-order valence-electron chi connectivity index (χ0n) is 15.3. The summed E-state index contributed by atoms with van der Waals surface area (Å²) in [7, 11) is 0. The first-order valence-corrected chi connectivity index (χ1v) is 8.29. The number of aliphatic hydroxyl groups excluding tert-OH is 1. The largest absolute Gasteiger partial charge is 0.490 e. The summed E-state index contributed by atoms with van der Waals surface area (Å²) in [4.78, 5) is 11.9. The average Bonchev–Trinajstić information content (AvgIpc) is 2.44. The molecule has 0 aromatic heterocycles. The Morgan fingerprint density at radius 3 is 2.54 bits per heavy atom. The fraction of sp³-hybridized carbons (Fsp3) is 0.611. The molecule has 1 amide bonds. The summed E-state index contributed by atoms with van der Waals surface area (Å²) in [5.74, 6) is 0.977. The SMILES string of the molecule is CCOc1cc(CNCC(C)O)ccc1OCC(=O)NC(C)(C)C. The van der Waals surface area contributed by atoms with Gasteiger partial charge >= 0.3 is 0 Å². The molecule has 0 heterocycles. The highest BCUT2D eigenvalue weighted by atomic mass is 16.5. The number of carbonyl (C=O) groups excluding carboxylic acids is 1. The van der Waals surface area contributed by atoms with Gasteiger partial charge in [-0.15, -0.1) is 0 Å². The van der Waals surface area contributed by atoms with E-state index in [1.54, 1.807) is 13.0 Å². The maximum absolute atomic E-state index is 11.9. The average molecular weight is 338 g/mol. The van der Waals surface area contributed by atoms with Crippen LogP contribution in [0.2, 0.25) is 0 Å². The van der Waals surface area contributed by atoms with E-state index in [1.165, 1.54) is 0 Å². The second-order valence-corrected chi connectivity index (χ2v) is 6.78. The van der Waals surface area contributed by atoms with Crippen molar-refractivity contribution in [3.8, 4) is 11.5 Å². The van der Waals surface area contributed by atoms with Gasteiger partial charge < -0.3 is 25.2 Å². The lowest BCUT2D eigenvalue weighted by molar-refractivity contribution is -0.124. The first-order chi connectivity index (χ1) is 11.2. The maximum Gasteiger partial charge on any atom is 0.258 e. The quantitative estimate of drug-likeness (QED) is 0.640. The van der Waals surface area contributed by atoms with Gasteiger partial charge in [-0.3, -0.25) is 4.79 Å². The predicted molar refractivity (Wildman–Crippen MR) is 94.4 cm³/mol. The molecule has 1 rings (SSSR count). The molecule has 6 heteroatoms. The molecule has 0 saturated carbocycles. The number of hydrogen-bond acceptors (Lipinski definition) is 5. The van der Waals surface area contributed by atoms with Crippen LogP contribution in [-0.2, 0) is 11.3 Å². The van der Waals surface area contributed by atoms with Crippen LogP contribution in [0.3, 0.4) is 0 Å². The maximum atomic E-state index is 11.9. The topological polar surface area (TPSA) is 79.8 Å². The normalized spacial score (nSPS) is 12.6. The van der Waals surface area contributed by atoms with Gasteiger partial charge in [0.05, 0.1) is 12.7 Å². The van der Waals surface area contributed by atoms with Crippen LogP contribution >= 0.6 is 0 Å². The summed E-state index contributed by atoms with van der Waals surface area (Å²) in [6.45, 7) is 11.0. The Labute approximate surface area is 144 Å². The smallest absolute Gasteiger partial charge is 0.258 e. The molecular formula is C18H30N2O4. The van der Waals surface area contributed by atoms with Gasteiger partial charge in [-0.2, -0.15) is 0 Å². The van der Waals surface area contributed by atoms with Crippen LogP contribution < -0.4 is 20.1 Å². The third kappa shape index (κ3) is 8.17. The van der Waals surface area contributed by atoms with Crippen LogP contribution in [0.5, 0.6) is 11.5 Å². The van der Waals surface area contributed by atoms with E-state index < -0.39 is 0 Å². The van der Waals surface area contributed by atoms with Gasteiger partial charge in [-0.25, -0.2) is 0 Å². The first kappa shape index (κ1) is 20.3. The molecule has 0 fully saturated rings. The standard InChI is InChI=1S/C18H30N2O4/c1-6-23-16-9-14(11-19-10-13(2)21)7-8-15(16)24-12-17(22)20-18(3,4)5/h7-9,13,19,21H,6,10-12H2,1-5H3,(H,20,22). The highest BCUT2D eigenvalue weighted by molar-refractivity contribution is 5.78. The molecule has 0 aliphatic heterocycles. The summed E-state index contributed by atoms with van der Waals surface area (Å²) >= 11 is 0. The van der Waals surface area contributed by atoms with Crippen molar-refractivity contribution in [2.24, 2.45) is 0 Å². The molecule has 24 heavy (non-hydrogen) atoms. The van der Waals surface area contributed by atoms with Crippen LogP contribution in [0.1, 0.15) is 40.2 Å². The van der Waals surface area contributed by atoms with E-state index in [2.05, 4.69) is 10.6 Å². The number of carbonyl (C=O) groups is 1. The highest BCUT2D eigenvalue weighted by Crippen LogP contribution is 2.28. The monoisotopic (exact) mass is 338 g/mol. The van der Waals surface area contributed by atoms with Crippen LogP contribution in [-0.4, -0.2) is 42.4 Å². The lowest BCUT2D eigenvalue weighted by Crippen LogP contribution is -2.43. The highest BCUT2D eigenvalue weighted by Gasteiger charge is 2.15. The van der Waals surface area contributed by atoms with Crippen LogP contribution in [0.25, 0.3) is 0 Å². The van der Waals surface area contributed by atoms with E-state index in [0.29, 0.717) is 31.2 Å². The minimum absolute atomic E-state index is 0.0586. The molecule has 1 aromatic rings. The van der Waals surface area contributed by atoms with Crippen molar-refractivity contribution in [3.63, 3.8) is 0 Å². The summed E-state index contributed by atoms with van der Waals surface area (Å²) in [6.07, 6.45) is -0.389. The molecule has 0 bridgehead atoms. The third-order valence-corrected chi connectivity index (χ3v) is 2.95. The van der Waals surface area contributed by atoms with Crippen molar-refractivity contribution < 1.29 is 19.4 Å². The Morgan fingerprint density at radius 1 is 1.25 bits per heavy atom. The van der Waals surface area contributed by atoms with Crippen LogP contribution in [0.15, 0.2) is 18.2 Å². The Bertz CT molecular complexity index is 524. The Morgan fingerprint density at radius 2 is 1.96 bits per heavy atom. The van der Waals surface area contributed by atoms with Crippen molar-refractivity contribution in [3.05, 3.63) is 23.8 Å². The third-order valence-electron chi connectivity index (χ3n) is 2.95. The van der Waals surface area contributed by atoms with Crippen molar-refractivity contribution in [2.45, 2.75) is 52.8 Å². The molecule has 1 unspecified atom stereocenters. The summed E-state index contributed by atoms with van der Waals surface area (Å²) in [5, 5.41) is 15.3. The summed E-state index contributed by atoms with van der Waals surface area (Å²) < 4.78 is 11.2. The number of ether oxygens (including phenoxy) is 2. The number of hydrogen-bond donors (Lipinski definition) is 3. The molecule has 1 aromatic carbocycles. The van der Waals surface area contributed by atoms with Gasteiger partial charge in [-0.05, 0) is 52.3 Å². The van der Waals surface area contributed by atoms with Crippen LogP contribution in [0.4, 0.5) is 0 Å². The molecule has 0 spiro atoms. The van der Waals surface area contributed by atoms with E-state index in [-0.39, 0.29) is 24.2 Å². The zero-order chi connectivity index (χ0) is 18.2. The fourth-order valence-corrected chi connectivity index (χ4v) is 2.07. The van der Waals surface area contributed by atoms with Crippen molar-refractivity contribution in [1.29, 1.82) is 0 Å². The number of amides is 1. The Hall–Kier alpha value is -1.79. The first-order valence-electron chi connectivity index (χ1n) is 8.29. The minimum atomic E-state index is -0.389. The van der Waals surface area contributed by atoms with Crippen LogP contribution in [0, 0.1) is 0 Å². The van der Waals surface area contributed by atoms with Gasteiger partial charge in [0.15, 0.2) is 18.1 Å². The van der Waals surface area contributed by atoms with E-state index in [9.17, 15) is 9.90 Å². The number of nitrogens with one attached hydrogen (secondary N) is 2. The summed E-state index contributed by atoms with van der Waals surface area (Å²) in [5.41, 5.74) is 0.730. The lowest BCUT2D eigenvalue weighted by atomic mass is 10.1. The molecule has 6 nitrogen and oxygen atoms in total. The molecule has 1 atom stereocenters. The second-order valence-electron chi connectivity index (χ2n) is 6.78. The molecule has 0 aliphatic rings. The number of benzene rings is 1. The van der Waals surface area contributed by atoms with Gasteiger partial charge in [0.1, 0.15) is 0 Å². The van der Waals surface area contributed by atoms with Crippen molar-refractivity contribution >= 4 is 5.91 Å². The number of rotatable bonds is 9. The molecule has 0 radical (unpaired) electrons. The minimum Gasteiger partial charge on any atom is -0.490 e. The molecule has 0 aliphatic carbocycles. The van der Waals surface area contributed by atoms with E-state index in [1.807, 2.05) is 39.8 Å². The van der Waals surface area contributed by atoms with Crippen molar-refractivity contribution in [1.82, 2.24) is 10.6 Å². The predicted octanol–water partition coefficient (Wildman–Crippen LogP) is 1.85. The Kier molecular flexibility index (Phi) is 8.01. The fourth-order valence-electron chi connectivity index (χ4n) is 2.07. The lowest BCUT2D eigenvalue weighted by Gasteiger charge is -2.21. The zero-order valence-corrected chi connectivity index (χ0v) is 15.3. The molecular weight excluding hydrogens is 308 g/mol. The summed E-state index contributed by atoms with van der Waals surface area (Å²) in [6, 6.07) is 5.60. The Balaban J connectivity index is 2.67. The van der Waals surface area contributed by atoms with Gasteiger partial charge in [-0.1, -0.05) is 6.07 Å². The number of aliphatic hydroxyl groups is 1. The molecule has 0 saturated heterocycles. The second kappa shape index (κ2) is 9.49. The molecule has 136 valence electrons. The molecule has 3 N–H and O–H groups in total. The van der Waals surface area contributed by atoms with E-state index in [0.717, 1.165) is 5.56 Å². The van der Waals surface area contributed by atoms with Crippen molar-refractivity contribution in [2.75, 3.05) is 19.8 Å². The van der Waals surface area contributed by atoms with E-state index in [4.69, 9.17) is 9.47 Å². The van der Waals surface area contributed by atoms with Gasteiger partial charge in [0, 0.05) is 18.6 Å². The van der Waals surface area contributed by atoms with Gasteiger partial charge in [0.25, 0.3) is 5.91 Å². The van der Waals surface area contributed by atoms with E-state index >= 15 is 0 Å². The van der Waals surface area contributed by atoms with Gasteiger partial charge in [0.2, 0.25) is 0 Å².